The molecule has 3 rings (SSSR count). The van der Waals surface area contributed by atoms with Crippen molar-refractivity contribution in [2.75, 3.05) is 39.1 Å². The van der Waals surface area contributed by atoms with E-state index in [1.165, 1.54) is 11.8 Å². The van der Waals surface area contributed by atoms with E-state index in [0.29, 0.717) is 19.1 Å². The van der Waals surface area contributed by atoms with Gasteiger partial charge in [-0.25, -0.2) is 13.1 Å². The minimum Gasteiger partial charge on any atom is -0.380 e. The fourth-order valence-electron chi connectivity index (χ4n) is 3.33. The molecule has 1 N–H and O–H groups in total. The van der Waals surface area contributed by atoms with Gasteiger partial charge in [0, 0.05) is 49.9 Å². The average Bonchev–Trinajstić information content (AvgIpc) is 2.94. The Morgan fingerprint density at radius 3 is 2.95 bits per heavy atom. The zero-order valence-electron chi connectivity index (χ0n) is 12.2. The van der Waals surface area contributed by atoms with E-state index < -0.39 is 10.0 Å². The molecule has 6 nitrogen and oxygen atoms in total. The van der Waals surface area contributed by atoms with Crippen molar-refractivity contribution >= 4 is 10.0 Å². The molecule has 2 aliphatic rings. The van der Waals surface area contributed by atoms with Gasteiger partial charge in [0.05, 0.1) is 19.5 Å². The van der Waals surface area contributed by atoms with Crippen molar-refractivity contribution in [2.24, 2.45) is 11.3 Å². The summed E-state index contributed by atoms with van der Waals surface area (Å²) in [7, 11) is -3.16. The highest BCUT2D eigenvalue weighted by atomic mass is 32.2. The molecule has 2 saturated heterocycles. The summed E-state index contributed by atoms with van der Waals surface area (Å²) in [5, 5.41) is 0. The monoisotopic (exact) mass is 311 g/mol. The van der Waals surface area contributed by atoms with Crippen LogP contribution in [0.3, 0.4) is 0 Å². The molecule has 0 bridgehead atoms. The van der Waals surface area contributed by atoms with Gasteiger partial charge >= 0.3 is 0 Å². The maximum atomic E-state index is 11.4. The van der Waals surface area contributed by atoms with Crippen LogP contribution in [-0.2, 0) is 21.3 Å². The number of nitrogens with one attached hydrogen (secondary N) is 1. The third-order valence-electron chi connectivity index (χ3n) is 4.43. The molecule has 116 valence electrons. The van der Waals surface area contributed by atoms with Gasteiger partial charge in [0.2, 0.25) is 10.0 Å². The fourth-order valence-corrected chi connectivity index (χ4v) is 3.88. The van der Waals surface area contributed by atoms with Crippen molar-refractivity contribution in [3.63, 3.8) is 0 Å². The predicted molar refractivity (Wildman–Crippen MR) is 79.1 cm³/mol. The number of ether oxygens (including phenoxy) is 1. The number of hydrogen-bond donors (Lipinski definition) is 1. The summed E-state index contributed by atoms with van der Waals surface area (Å²) < 4.78 is 31.0. The van der Waals surface area contributed by atoms with Crippen LogP contribution in [0.2, 0.25) is 0 Å². The van der Waals surface area contributed by atoms with Crippen molar-refractivity contribution in [3.8, 4) is 0 Å². The van der Waals surface area contributed by atoms with Crippen LogP contribution in [0.1, 0.15) is 5.56 Å². The van der Waals surface area contributed by atoms with Crippen molar-refractivity contribution < 1.29 is 13.2 Å². The first kappa shape index (κ1) is 14.9. The molecule has 1 aromatic heterocycles. The smallest absolute Gasteiger partial charge is 0.208 e. The Morgan fingerprint density at radius 2 is 2.24 bits per heavy atom. The number of likely N-dealkylation sites (tertiary alicyclic amines) is 1. The van der Waals surface area contributed by atoms with Crippen molar-refractivity contribution in [3.05, 3.63) is 30.1 Å². The third kappa shape index (κ3) is 3.42. The van der Waals surface area contributed by atoms with Gasteiger partial charge in [0.1, 0.15) is 0 Å². The van der Waals surface area contributed by atoms with E-state index in [0.717, 1.165) is 26.2 Å². The molecule has 2 fully saturated rings. The molecule has 21 heavy (non-hydrogen) atoms. The molecular weight excluding hydrogens is 290 g/mol. The number of pyridine rings is 1. The lowest BCUT2D eigenvalue weighted by molar-refractivity contribution is 0.128. The average molecular weight is 311 g/mol. The lowest BCUT2D eigenvalue weighted by Crippen LogP contribution is -2.42. The molecule has 0 aliphatic carbocycles. The lowest BCUT2D eigenvalue weighted by atomic mass is 9.81. The number of nitrogens with zero attached hydrogens (tertiary/aromatic N) is 2. The quantitative estimate of drug-likeness (QED) is 0.834. The second-order valence-corrected chi connectivity index (χ2v) is 8.03. The molecule has 0 saturated carbocycles. The summed E-state index contributed by atoms with van der Waals surface area (Å²) in [5.74, 6) is 0.397. The van der Waals surface area contributed by atoms with E-state index >= 15 is 0 Å². The van der Waals surface area contributed by atoms with Gasteiger partial charge in [-0.1, -0.05) is 0 Å². The topological polar surface area (TPSA) is 71.5 Å². The van der Waals surface area contributed by atoms with Crippen LogP contribution in [0.4, 0.5) is 0 Å². The summed E-state index contributed by atoms with van der Waals surface area (Å²) >= 11 is 0. The first-order valence-electron chi connectivity index (χ1n) is 7.11. The van der Waals surface area contributed by atoms with Gasteiger partial charge in [-0.2, -0.15) is 0 Å². The third-order valence-corrected chi connectivity index (χ3v) is 5.10. The molecule has 2 atom stereocenters. The van der Waals surface area contributed by atoms with Crippen LogP contribution >= 0.6 is 0 Å². The Balaban J connectivity index is 1.67. The van der Waals surface area contributed by atoms with E-state index in [1.807, 2.05) is 12.1 Å². The minimum absolute atomic E-state index is 0.0872. The molecule has 0 amide bonds. The maximum absolute atomic E-state index is 11.4. The van der Waals surface area contributed by atoms with Crippen molar-refractivity contribution in [1.29, 1.82) is 0 Å². The number of aromatic nitrogens is 1. The number of fused-ring (bicyclic) bond motifs is 1. The van der Waals surface area contributed by atoms with Crippen LogP contribution < -0.4 is 4.72 Å². The van der Waals surface area contributed by atoms with Crippen LogP contribution in [-0.4, -0.2) is 57.4 Å². The molecule has 2 aliphatic heterocycles. The Kier molecular flexibility index (Phi) is 4.00. The zero-order chi connectivity index (χ0) is 14.9. The van der Waals surface area contributed by atoms with E-state index in [9.17, 15) is 8.42 Å². The SMILES string of the molecule is CS(=O)(=O)NC[C@]12COC[C@H]1CN(Cc1ccncc1)C2. The van der Waals surface area contributed by atoms with Gasteiger partial charge in [-0.05, 0) is 17.7 Å². The van der Waals surface area contributed by atoms with E-state index in [4.69, 9.17) is 4.74 Å². The molecule has 1 aromatic rings. The van der Waals surface area contributed by atoms with Crippen LogP contribution in [0, 0.1) is 11.3 Å². The summed E-state index contributed by atoms with van der Waals surface area (Å²) in [6.45, 7) is 4.50. The normalized spacial score (nSPS) is 29.7. The van der Waals surface area contributed by atoms with Crippen LogP contribution in [0.5, 0.6) is 0 Å². The van der Waals surface area contributed by atoms with E-state index in [2.05, 4.69) is 14.6 Å². The summed E-state index contributed by atoms with van der Waals surface area (Å²) in [6.07, 6.45) is 4.81. The van der Waals surface area contributed by atoms with Gasteiger partial charge < -0.3 is 4.74 Å². The summed E-state index contributed by atoms with van der Waals surface area (Å²) in [4.78, 5) is 6.41. The van der Waals surface area contributed by atoms with Gasteiger partial charge in [0.25, 0.3) is 0 Å². The van der Waals surface area contributed by atoms with E-state index in [1.54, 1.807) is 12.4 Å². The van der Waals surface area contributed by atoms with Crippen LogP contribution in [0.15, 0.2) is 24.5 Å². The molecule has 0 spiro atoms. The van der Waals surface area contributed by atoms with Crippen molar-refractivity contribution in [1.82, 2.24) is 14.6 Å². The Labute approximate surface area is 125 Å². The molecule has 0 aromatic carbocycles. The fraction of sp³-hybridized carbons (Fsp3) is 0.643. The highest BCUT2D eigenvalue weighted by molar-refractivity contribution is 7.88. The first-order chi connectivity index (χ1) is 9.97. The molecule has 3 heterocycles. The summed E-state index contributed by atoms with van der Waals surface area (Å²) in [5.41, 5.74) is 1.15. The number of sulfonamides is 1. The maximum Gasteiger partial charge on any atom is 0.208 e. The second-order valence-electron chi connectivity index (χ2n) is 6.19. The van der Waals surface area contributed by atoms with Crippen LogP contribution in [0.25, 0.3) is 0 Å². The Hall–Kier alpha value is -1.02. The molecule has 7 heteroatoms. The summed E-state index contributed by atoms with van der Waals surface area (Å²) in [6, 6.07) is 4.04. The first-order valence-corrected chi connectivity index (χ1v) is 9.00. The Bertz CT molecular complexity index is 593. The second kappa shape index (κ2) is 5.64. The Morgan fingerprint density at radius 1 is 1.48 bits per heavy atom. The number of rotatable bonds is 5. The molecule has 0 unspecified atom stereocenters. The predicted octanol–water partition coefficient (Wildman–Crippen LogP) is 0.0792. The largest absolute Gasteiger partial charge is 0.380 e. The highest BCUT2D eigenvalue weighted by Gasteiger charge is 2.50. The number of hydrogen-bond acceptors (Lipinski definition) is 5. The zero-order valence-corrected chi connectivity index (χ0v) is 13.0. The van der Waals surface area contributed by atoms with Gasteiger partial charge in [-0.15, -0.1) is 0 Å². The highest BCUT2D eigenvalue weighted by Crippen LogP contribution is 2.41. The lowest BCUT2D eigenvalue weighted by Gasteiger charge is -2.27. The minimum atomic E-state index is -3.16. The standard InChI is InChI=1S/C14H21N3O3S/c1-21(18,19)16-9-14-10-17(7-13(14)8-20-11-14)6-12-2-4-15-5-3-12/h2-5,13,16H,6-11H2,1H3/t13-,14+/m1/s1. The molecular formula is C14H21N3O3S. The van der Waals surface area contributed by atoms with Crippen molar-refractivity contribution in [2.45, 2.75) is 6.54 Å². The van der Waals surface area contributed by atoms with Gasteiger partial charge in [-0.3, -0.25) is 9.88 Å². The van der Waals surface area contributed by atoms with Gasteiger partial charge in [0.15, 0.2) is 0 Å². The molecule has 0 radical (unpaired) electrons. The van der Waals surface area contributed by atoms with E-state index in [-0.39, 0.29) is 5.41 Å².